The van der Waals surface area contributed by atoms with E-state index >= 15 is 0 Å². The Morgan fingerprint density at radius 2 is 1.65 bits per heavy atom. The summed E-state index contributed by atoms with van der Waals surface area (Å²) < 4.78 is 0. The molecule has 112 valence electrons. The number of hydrogen-bond donors (Lipinski definition) is 0. The SMILES string of the molecule is CCCCCN(CCCCC)C(=O)c1cnc(Cl)cn1. The highest BCUT2D eigenvalue weighted by Gasteiger charge is 2.16. The van der Waals surface area contributed by atoms with E-state index in [1.807, 2.05) is 4.90 Å². The molecule has 1 aromatic rings. The number of aromatic nitrogens is 2. The summed E-state index contributed by atoms with van der Waals surface area (Å²) in [4.78, 5) is 22.3. The Balaban J connectivity index is 2.63. The molecule has 0 saturated heterocycles. The molecule has 0 atom stereocenters. The number of rotatable bonds is 9. The molecule has 0 spiro atoms. The van der Waals surface area contributed by atoms with Crippen LogP contribution < -0.4 is 0 Å². The summed E-state index contributed by atoms with van der Waals surface area (Å²) in [7, 11) is 0. The highest BCUT2D eigenvalue weighted by Crippen LogP contribution is 2.08. The van der Waals surface area contributed by atoms with Crippen molar-refractivity contribution in [1.82, 2.24) is 14.9 Å². The fourth-order valence-corrected chi connectivity index (χ4v) is 2.10. The van der Waals surface area contributed by atoms with E-state index in [-0.39, 0.29) is 5.91 Å². The van der Waals surface area contributed by atoms with Crippen molar-refractivity contribution in [3.05, 3.63) is 23.2 Å². The maximum atomic E-state index is 12.4. The first-order chi connectivity index (χ1) is 9.69. The van der Waals surface area contributed by atoms with Gasteiger partial charge < -0.3 is 4.90 Å². The molecule has 0 aliphatic rings. The molecule has 0 fully saturated rings. The van der Waals surface area contributed by atoms with Gasteiger partial charge in [-0.2, -0.15) is 0 Å². The lowest BCUT2D eigenvalue weighted by Crippen LogP contribution is -2.33. The van der Waals surface area contributed by atoms with Crippen LogP contribution in [0.25, 0.3) is 0 Å². The van der Waals surface area contributed by atoms with Gasteiger partial charge in [0.05, 0.1) is 12.4 Å². The van der Waals surface area contributed by atoms with Crippen molar-refractivity contribution in [2.75, 3.05) is 13.1 Å². The summed E-state index contributed by atoms with van der Waals surface area (Å²) in [5, 5.41) is 0.310. The summed E-state index contributed by atoms with van der Waals surface area (Å²) in [5.41, 5.74) is 0.377. The Hall–Kier alpha value is -1.16. The lowest BCUT2D eigenvalue weighted by molar-refractivity contribution is 0.0743. The van der Waals surface area contributed by atoms with E-state index < -0.39 is 0 Å². The predicted octanol–water partition coefficient (Wildman–Crippen LogP) is 3.95. The minimum Gasteiger partial charge on any atom is -0.337 e. The lowest BCUT2D eigenvalue weighted by Gasteiger charge is -2.22. The molecule has 5 heteroatoms. The summed E-state index contributed by atoms with van der Waals surface area (Å²) in [6, 6.07) is 0. The van der Waals surface area contributed by atoms with E-state index in [9.17, 15) is 4.79 Å². The van der Waals surface area contributed by atoms with Gasteiger partial charge in [-0.25, -0.2) is 9.97 Å². The zero-order valence-corrected chi connectivity index (χ0v) is 13.2. The first kappa shape index (κ1) is 16.9. The molecule has 0 bridgehead atoms. The van der Waals surface area contributed by atoms with E-state index in [0.717, 1.165) is 51.6 Å². The van der Waals surface area contributed by atoms with E-state index in [4.69, 9.17) is 11.6 Å². The van der Waals surface area contributed by atoms with Crippen LogP contribution in [0.2, 0.25) is 5.15 Å². The van der Waals surface area contributed by atoms with Crippen LogP contribution in [-0.4, -0.2) is 33.9 Å². The average Bonchev–Trinajstić information content (AvgIpc) is 2.46. The van der Waals surface area contributed by atoms with E-state index in [2.05, 4.69) is 23.8 Å². The van der Waals surface area contributed by atoms with Crippen molar-refractivity contribution < 1.29 is 4.79 Å². The molecule has 0 aliphatic heterocycles. The fourth-order valence-electron chi connectivity index (χ4n) is 2.00. The van der Waals surface area contributed by atoms with Gasteiger partial charge in [-0.05, 0) is 12.8 Å². The van der Waals surface area contributed by atoms with E-state index in [1.54, 1.807) is 0 Å². The minimum absolute atomic E-state index is 0.0404. The standard InChI is InChI=1S/C15H24ClN3O/c1-3-5-7-9-19(10-8-6-4-2)15(20)13-11-18-14(16)12-17-13/h11-12H,3-10H2,1-2H3. The Morgan fingerprint density at radius 1 is 1.05 bits per heavy atom. The largest absolute Gasteiger partial charge is 0.337 e. The maximum absolute atomic E-state index is 12.4. The number of carbonyl (C=O) groups excluding carboxylic acids is 1. The molecule has 0 saturated carbocycles. The van der Waals surface area contributed by atoms with Crippen molar-refractivity contribution in [3.8, 4) is 0 Å². The quantitative estimate of drug-likeness (QED) is 0.648. The van der Waals surface area contributed by atoms with Crippen LogP contribution in [0.1, 0.15) is 62.9 Å². The number of unbranched alkanes of at least 4 members (excludes halogenated alkanes) is 4. The van der Waals surface area contributed by atoms with Gasteiger partial charge in [-0.15, -0.1) is 0 Å². The molecule has 1 heterocycles. The topological polar surface area (TPSA) is 46.1 Å². The third-order valence-corrected chi connectivity index (χ3v) is 3.39. The molecule has 1 amide bonds. The minimum atomic E-state index is -0.0404. The number of amides is 1. The van der Waals surface area contributed by atoms with Crippen LogP contribution >= 0.6 is 11.6 Å². The van der Waals surface area contributed by atoms with Crippen molar-refractivity contribution in [1.29, 1.82) is 0 Å². The molecule has 0 radical (unpaired) electrons. The average molecular weight is 298 g/mol. The molecule has 0 N–H and O–H groups in total. The van der Waals surface area contributed by atoms with Crippen LogP contribution in [0.4, 0.5) is 0 Å². The molecule has 0 unspecified atom stereocenters. The Morgan fingerprint density at radius 3 is 2.10 bits per heavy atom. The first-order valence-corrected chi connectivity index (χ1v) is 7.83. The normalized spacial score (nSPS) is 10.6. The highest BCUT2D eigenvalue weighted by atomic mass is 35.5. The second-order valence-corrected chi connectivity index (χ2v) is 5.32. The van der Waals surface area contributed by atoms with Crippen LogP contribution in [0, 0.1) is 0 Å². The third-order valence-electron chi connectivity index (χ3n) is 3.19. The zero-order valence-electron chi connectivity index (χ0n) is 12.4. The molecule has 0 aliphatic carbocycles. The van der Waals surface area contributed by atoms with Crippen molar-refractivity contribution in [2.24, 2.45) is 0 Å². The van der Waals surface area contributed by atoms with Gasteiger partial charge in [0.25, 0.3) is 5.91 Å². The molecule has 1 aromatic heterocycles. The molecular weight excluding hydrogens is 274 g/mol. The van der Waals surface area contributed by atoms with Crippen molar-refractivity contribution in [2.45, 2.75) is 52.4 Å². The van der Waals surface area contributed by atoms with Gasteiger partial charge in [-0.3, -0.25) is 4.79 Å². The van der Waals surface area contributed by atoms with Crippen LogP contribution in [0.5, 0.6) is 0 Å². The number of carbonyl (C=O) groups is 1. The number of hydrogen-bond acceptors (Lipinski definition) is 3. The zero-order chi connectivity index (χ0) is 14.8. The van der Waals surface area contributed by atoms with Crippen LogP contribution in [0.3, 0.4) is 0 Å². The molecule has 4 nitrogen and oxygen atoms in total. The number of halogens is 1. The van der Waals surface area contributed by atoms with Crippen LogP contribution in [0.15, 0.2) is 12.4 Å². The maximum Gasteiger partial charge on any atom is 0.274 e. The van der Waals surface area contributed by atoms with E-state index in [1.165, 1.54) is 12.4 Å². The summed E-state index contributed by atoms with van der Waals surface area (Å²) in [6.07, 6.45) is 9.54. The number of nitrogens with zero attached hydrogens (tertiary/aromatic N) is 3. The predicted molar refractivity (Wildman–Crippen MR) is 82.0 cm³/mol. The monoisotopic (exact) mass is 297 g/mol. The van der Waals surface area contributed by atoms with Gasteiger partial charge in [0.15, 0.2) is 0 Å². The lowest BCUT2D eigenvalue weighted by atomic mass is 10.2. The Kier molecular flexibility index (Phi) is 8.19. The second-order valence-electron chi connectivity index (χ2n) is 4.93. The Bertz CT molecular complexity index is 385. The summed E-state index contributed by atoms with van der Waals surface area (Å²) in [5.74, 6) is -0.0404. The van der Waals surface area contributed by atoms with Crippen LogP contribution in [-0.2, 0) is 0 Å². The Labute approximate surface area is 126 Å². The second kappa shape index (κ2) is 9.70. The van der Waals surface area contributed by atoms with Gasteiger partial charge in [-0.1, -0.05) is 51.1 Å². The van der Waals surface area contributed by atoms with Crippen molar-refractivity contribution >= 4 is 17.5 Å². The van der Waals surface area contributed by atoms with E-state index in [0.29, 0.717) is 10.8 Å². The molecular formula is C15H24ClN3O. The smallest absolute Gasteiger partial charge is 0.274 e. The molecule has 20 heavy (non-hydrogen) atoms. The van der Waals surface area contributed by atoms with Crippen molar-refractivity contribution in [3.63, 3.8) is 0 Å². The van der Waals surface area contributed by atoms with Gasteiger partial charge >= 0.3 is 0 Å². The van der Waals surface area contributed by atoms with Gasteiger partial charge in [0.1, 0.15) is 10.8 Å². The fraction of sp³-hybridized carbons (Fsp3) is 0.667. The summed E-state index contributed by atoms with van der Waals surface area (Å²) in [6.45, 7) is 5.91. The highest BCUT2D eigenvalue weighted by molar-refractivity contribution is 6.29. The molecule has 1 rings (SSSR count). The first-order valence-electron chi connectivity index (χ1n) is 7.45. The molecule has 0 aromatic carbocycles. The third kappa shape index (κ3) is 5.87. The van der Waals surface area contributed by atoms with Gasteiger partial charge in [0, 0.05) is 13.1 Å². The summed E-state index contributed by atoms with van der Waals surface area (Å²) >= 11 is 5.70. The van der Waals surface area contributed by atoms with Gasteiger partial charge in [0.2, 0.25) is 0 Å².